The average Bonchev–Trinajstić information content (AvgIpc) is 2.33. The van der Waals surface area contributed by atoms with E-state index in [1.54, 1.807) is 13.8 Å². The van der Waals surface area contributed by atoms with Crippen LogP contribution in [0, 0.1) is 23.7 Å². The monoisotopic (exact) mass is 279 g/mol. The Labute approximate surface area is 120 Å². The Balaban J connectivity index is 1.55. The number of carbonyl (C=O) groups is 2. The molecular formula is C16H25NO3. The molecule has 0 spiro atoms. The van der Waals surface area contributed by atoms with E-state index >= 15 is 0 Å². The van der Waals surface area contributed by atoms with Crippen molar-refractivity contribution in [2.75, 3.05) is 6.61 Å². The first-order valence-corrected chi connectivity index (χ1v) is 7.93. The number of amides is 1. The Bertz CT molecular complexity index is 381. The van der Waals surface area contributed by atoms with Gasteiger partial charge in [-0.15, -0.1) is 0 Å². The third kappa shape index (κ3) is 2.70. The quantitative estimate of drug-likeness (QED) is 0.803. The lowest BCUT2D eigenvalue weighted by Crippen LogP contribution is -2.60. The van der Waals surface area contributed by atoms with E-state index in [0.717, 1.165) is 37.0 Å². The summed E-state index contributed by atoms with van der Waals surface area (Å²) in [7, 11) is 0. The van der Waals surface area contributed by atoms with Gasteiger partial charge in [-0.3, -0.25) is 9.59 Å². The predicted octanol–water partition coefficient (Wildman–Crippen LogP) is 2.27. The Morgan fingerprint density at radius 2 is 1.60 bits per heavy atom. The van der Waals surface area contributed by atoms with Gasteiger partial charge in [0.1, 0.15) is 0 Å². The van der Waals surface area contributed by atoms with Crippen LogP contribution in [0.2, 0.25) is 0 Å². The molecule has 0 aromatic rings. The molecule has 0 aliphatic heterocycles. The van der Waals surface area contributed by atoms with Crippen molar-refractivity contribution in [3.8, 4) is 0 Å². The molecule has 4 saturated carbocycles. The first kappa shape index (κ1) is 13.9. The largest absolute Gasteiger partial charge is 0.455 e. The molecular weight excluding hydrogens is 254 g/mol. The van der Waals surface area contributed by atoms with Gasteiger partial charge in [0, 0.05) is 5.54 Å². The maximum atomic E-state index is 12.1. The molecule has 4 bridgehead atoms. The summed E-state index contributed by atoms with van der Waals surface area (Å²) in [6.45, 7) is 3.43. The second-order valence-electron chi connectivity index (χ2n) is 7.51. The first-order valence-electron chi connectivity index (χ1n) is 7.93. The fourth-order valence-corrected chi connectivity index (χ4v) is 4.90. The van der Waals surface area contributed by atoms with Crippen LogP contribution in [0.5, 0.6) is 0 Å². The highest BCUT2D eigenvalue weighted by Gasteiger charge is 2.51. The summed E-state index contributed by atoms with van der Waals surface area (Å²) in [5, 5.41) is 3.20. The normalized spacial score (nSPS) is 38.0. The van der Waals surface area contributed by atoms with Crippen LogP contribution < -0.4 is 5.32 Å². The van der Waals surface area contributed by atoms with Crippen molar-refractivity contribution in [3.05, 3.63) is 0 Å². The third-order valence-corrected chi connectivity index (χ3v) is 5.26. The molecule has 0 aromatic heterocycles. The summed E-state index contributed by atoms with van der Waals surface area (Å²) < 4.78 is 5.03. The molecule has 4 nitrogen and oxygen atoms in total. The minimum atomic E-state index is -0.300. The Morgan fingerprint density at radius 3 is 2.05 bits per heavy atom. The van der Waals surface area contributed by atoms with Crippen molar-refractivity contribution in [2.24, 2.45) is 23.7 Å². The van der Waals surface area contributed by atoms with Crippen LogP contribution >= 0.6 is 0 Å². The fraction of sp³-hybridized carbons (Fsp3) is 0.875. The fourth-order valence-electron chi connectivity index (χ4n) is 4.90. The number of hydrogen-bond acceptors (Lipinski definition) is 3. The zero-order valence-corrected chi connectivity index (χ0v) is 12.5. The van der Waals surface area contributed by atoms with Gasteiger partial charge in [-0.05, 0) is 56.3 Å². The number of hydrogen-bond donors (Lipinski definition) is 1. The molecule has 0 atom stereocenters. The predicted molar refractivity (Wildman–Crippen MR) is 74.8 cm³/mol. The molecule has 4 heteroatoms. The molecule has 0 saturated heterocycles. The smallest absolute Gasteiger partial charge is 0.308 e. The van der Waals surface area contributed by atoms with Gasteiger partial charge in [0.05, 0.1) is 5.92 Å². The van der Waals surface area contributed by atoms with Crippen molar-refractivity contribution in [2.45, 2.75) is 57.9 Å². The van der Waals surface area contributed by atoms with Crippen LogP contribution in [0.25, 0.3) is 0 Å². The molecule has 1 N–H and O–H groups in total. The van der Waals surface area contributed by atoms with Crippen LogP contribution in [0.3, 0.4) is 0 Å². The van der Waals surface area contributed by atoms with Crippen molar-refractivity contribution in [1.29, 1.82) is 0 Å². The van der Waals surface area contributed by atoms with Crippen molar-refractivity contribution < 1.29 is 14.3 Å². The van der Waals surface area contributed by atoms with Gasteiger partial charge in [-0.2, -0.15) is 0 Å². The summed E-state index contributed by atoms with van der Waals surface area (Å²) in [5.41, 5.74) is 0.00999. The van der Waals surface area contributed by atoms with Gasteiger partial charge >= 0.3 is 5.97 Å². The van der Waals surface area contributed by atoms with Gasteiger partial charge in [-0.25, -0.2) is 0 Å². The Kier molecular flexibility index (Phi) is 3.51. The summed E-state index contributed by atoms with van der Waals surface area (Å²) in [6, 6.07) is 0. The topological polar surface area (TPSA) is 55.4 Å². The van der Waals surface area contributed by atoms with E-state index in [1.807, 2.05) is 0 Å². The van der Waals surface area contributed by atoms with Gasteiger partial charge < -0.3 is 10.1 Å². The number of nitrogens with one attached hydrogen (secondary N) is 1. The number of esters is 1. The van der Waals surface area contributed by atoms with E-state index in [1.165, 1.54) is 19.3 Å². The van der Waals surface area contributed by atoms with E-state index in [0.29, 0.717) is 0 Å². The molecule has 20 heavy (non-hydrogen) atoms. The van der Waals surface area contributed by atoms with Crippen LogP contribution in [-0.2, 0) is 14.3 Å². The summed E-state index contributed by atoms with van der Waals surface area (Å²) in [4.78, 5) is 23.5. The second-order valence-corrected chi connectivity index (χ2v) is 7.51. The molecule has 4 fully saturated rings. The highest BCUT2D eigenvalue weighted by molar-refractivity contribution is 5.81. The van der Waals surface area contributed by atoms with Crippen molar-refractivity contribution in [1.82, 2.24) is 5.32 Å². The van der Waals surface area contributed by atoms with Gasteiger partial charge in [0.25, 0.3) is 5.91 Å². The minimum absolute atomic E-state index is 0.00999. The number of rotatable bonds is 4. The van der Waals surface area contributed by atoms with Crippen LogP contribution in [0.1, 0.15) is 52.4 Å². The standard InChI is InChI=1S/C16H25NO3/c1-10(2)15(19)20-9-14(18)17-16-6-11-3-12(7-16)5-13(4-11)8-16/h10-13H,3-9H2,1-2H3,(H,17,18). The molecule has 112 valence electrons. The van der Waals surface area contributed by atoms with Gasteiger partial charge in [-0.1, -0.05) is 13.8 Å². The maximum absolute atomic E-state index is 12.1. The van der Waals surface area contributed by atoms with E-state index in [9.17, 15) is 9.59 Å². The second kappa shape index (κ2) is 5.05. The lowest BCUT2D eigenvalue weighted by atomic mass is 9.53. The zero-order chi connectivity index (χ0) is 14.3. The van der Waals surface area contributed by atoms with E-state index < -0.39 is 0 Å². The Morgan fingerprint density at radius 1 is 1.10 bits per heavy atom. The maximum Gasteiger partial charge on any atom is 0.308 e. The summed E-state index contributed by atoms with van der Waals surface area (Å²) >= 11 is 0. The van der Waals surface area contributed by atoms with Crippen molar-refractivity contribution in [3.63, 3.8) is 0 Å². The molecule has 4 rings (SSSR count). The number of ether oxygens (including phenoxy) is 1. The first-order chi connectivity index (χ1) is 9.46. The Hall–Kier alpha value is -1.06. The minimum Gasteiger partial charge on any atom is -0.455 e. The van der Waals surface area contributed by atoms with E-state index in [-0.39, 0.29) is 29.9 Å². The SMILES string of the molecule is CC(C)C(=O)OCC(=O)NC12CC3CC(CC(C3)C1)C2. The van der Waals surface area contributed by atoms with Crippen LogP contribution in [-0.4, -0.2) is 24.0 Å². The van der Waals surface area contributed by atoms with E-state index in [4.69, 9.17) is 4.74 Å². The molecule has 4 aliphatic carbocycles. The van der Waals surface area contributed by atoms with Gasteiger partial charge in [0.2, 0.25) is 0 Å². The summed E-state index contributed by atoms with van der Waals surface area (Å²) in [5.74, 6) is 1.81. The lowest BCUT2D eigenvalue weighted by Gasteiger charge is -2.56. The third-order valence-electron chi connectivity index (χ3n) is 5.26. The number of carbonyl (C=O) groups excluding carboxylic acids is 2. The molecule has 0 unspecified atom stereocenters. The summed E-state index contributed by atoms with van der Waals surface area (Å²) in [6.07, 6.45) is 7.46. The van der Waals surface area contributed by atoms with Crippen molar-refractivity contribution >= 4 is 11.9 Å². The molecule has 0 radical (unpaired) electrons. The zero-order valence-electron chi connectivity index (χ0n) is 12.5. The van der Waals surface area contributed by atoms with Crippen LogP contribution in [0.15, 0.2) is 0 Å². The highest BCUT2D eigenvalue weighted by Crippen LogP contribution is 2.55. The molecule has 0 heterocycles. The molecule has 1 amide bonds. The van der Waals surface area contributed by atoms with E-state index in [2.05, 4.69) is 5.32 Å². The lowest BCUT2D eigenvalue weighted by molar-refractivity contribution is -0.152. The average molecular weight is 279 g/mol. The van der Waals surface area contributed by atoms with Crippen LogP contribution in [0.4, 0.5) is 0 Å². The molecule has 0 aromatic carbocycles. The highest BCUT2D eigenvalue weighted by atomic mass is 16.5. The molecule has 4 aliphatic rings. The van der Waals surface area contributed by atoms with Gasteiger partial charge in [0.15, 0.2) is 6.61 Å².